The highest BCUT2D eigenvalue weighted by molar-refractivity contribution is 5.95. The Morgan fingerprint density at radius 1 is 0.816 bits per heavy atom. The quantitative estimate of drug-likeness (QED) is 0.352. The molecule has 38 heavy (non-hydrogen) atoms. The molecule has 5 aliphatic carbocycles. The number of carbonyl (C=O) groups excluding carboxylic acids is 1. The Balaban J connectivity index is 0.00000115. The number of rotatable bonds is 1. The minimum atomic E-state index is -0.669. The van der Waals surface area contributed by atoms with Crippen molar-refractivity contribution < 1.29 is 19.8 Å². The second kappa shape index (κ2) is 12.1. The number of carboxylic acid groups (broad SMARTS) is 1. The molecule has 0 aliphatic heterocycles. The van der Waals surface area contributed by atoms with E-state index < -0.39 is 5.97 Å². The molecule has 9 unspecified atom stereocenters. The van der Waals surface area contributed by atoms with E-state index in [4.69, 9.17) is 0 Å². The minimum Gasteiger partial charge on any atom is -0.481 e. The van der Waals surface area contributed by atoms with Crippen molar-refractivity contribution in [2.24, 2.45) is 51.2 Å². The van der Waals surface area contributed by atoms with Gasteiger partial charge in [0.2, 0.25) is 0 Å². The van der Waals surface area contributed by atoms with Gasteiger partial charge in [-0.05, 0) is 103 Å². The monoisotopic (exact) mass is 534 g/mol. The summed E-state index contributed by atoms with van der Waals surface area (Å²) in [4.78, 5) is 25.8. The topological polar surface area (TPSA) is 74.6 Å². The molecule has 0 aromatic carbocycles. The average molecular weight is 535 g/mol. The standard InChI is InChI=1S/C28H42O4.2C2H6.2CH4/c1-25(2)21-8-12-27(4)18-7-11-26(3)10-6-16(24(31)32)14-19(26)17(18)15-20(29)23(27)28(21,5)13-9-22(25)30;2*1-2;;/h15-16,18-19,21-23,30H,6-14H2,1-5H3,(H,31,32);2*1-2H3;2*1H4. The summed E-state index contributed by atoms with van der Waals surface area (Å²) >= 11 is 0. The van der Waals surface area contributed by atoms with Crippen LogP contribution in [0.3, 0.4) is 0 Å². The van der Waals surface area contributed by atoms with Crippen molar-refractivity contribution in [1.82, 2.24) is 0 Å². The van der Waals surface area contributed by atoms with Crippen LogP contribution < -0.4 is 0 Å². The molecular weight excluding hydrogens is 472 g/mol. The highest BCUT2D eigenvalue weighted by Gasteiger charge is 2.66. The van der Waals surface area contributed by atoms with Crippen molar-refractivity contribution in [3.63, 3.8) is 0 Å². The van der Waals surface area contributed by atoms with E-state index in [0.717, 1.165) is 51.4 Å². The molecule has 5 aliphatic rings. The molecule has 0 spiro atoms. The van der Waals surface area contributed by atoms with Crippen molar-refractivity contribution in [3.8, 4) is 0 Å². The summed E-state index contributed by atoms with van der Waals surface area (Å²) < 4.78 is 0. The van der Waals surface area contributed by atoms with Gasteiger partial charge in [-0.2, -0.15) is 0 Å². The molecule has 4 heteroatoms. The lowest BCUT2D eigenvalue weighted by atomic mass is 9.37. The predicted octanol–water partition coefficient (Wildman–Crippen LogP) is 8.96. The molecule has 0 heterocycles. The molecule has 0 bridgehead atoms. The molecule has 0 amide bonds. The van der Waals surface area contributed by atoms with Crippen molar-refractivity contribution in [3.05, 3.63) is 11.6 Å². The lowest BCUT2D eigenvalue weighted by Crippen LogP contribution is -2.63. The fraction of sp³-hybridized carbons (Fsp3) is 0.882. The zero-order valence-electron chi connectivity index (χ0n) is 24.6. The molecule has 222 valence electrons. The van der Waals surface area contributed by atoms with Gasteiger partial charge >= 0.3 is 5.97 Å². The number of aliphatic carboxylic acids is 1. The SMILES string of the molecule is C.C.CC.CC.CC12CCC(C(=O)O)CC1C1=CC(=O)C3C(C)(CCC4C(C)(C)C(O)CCC43C)C1CC2. The van der Waals surface area contributed by atoms with E-state index in [2.05, 4.69) is 34.6 Å². The summed E-state index contributed by atoms with van der Waals surface area (Å²) in [5, 5.41) is 20.5. The number of carboxylic acids is 1. The van der Waals surface area contributed by atoms with Crippen LogP contribution in [-0.2, 0) is 9.59 Å². The van der Waals surface area contributed by atoms with Crippen LogP contribution >= 0.6 is 0 Å². The van der Waals surface area contributed by atoms with Gasteiger partial charge in [0.25, 0.3) is 0 Å². The summed E-state index contributed by atoms with van der Waals surface area (Å²) in [6.45, 7) is 19.5. The first-order chi connectivity index (χ1) is 16.8. The molecule has 5 rings (SSSR count). The average Bonchev–Trinajstić information content (AvgIpc) is 2.83. The maximum atomic E-state index is 14.0. The summed E-state index contributed by atoms with van der Waals surface area (Å²) in [6.07, 6.45) is 10.2. The molecule has 4 saturated carbocycles. The van der Waals surface area contributed by atoms with Crippen LogP contribution in [0.4, 0.5) is 0 Å². The fourth-order valence-electron chi connectivity index (χ4n) is 9.97. The first-order valence-electron chi connectivity index (χ1n) is 15.0. The number of hydrogen-bond donors (Lipinski definition) is 2. The van der Waals surface area contributed by atoms with Gasteiger partial charge in [0.15, 0.2) is 5.78 Å². The predicted molar refractivity (Wildman–Crippen MR) is 160 cm³/mol. The summed E-state index contributed by atoms with van der Waals surface area (Å²) in [5.74, 6) is 0.337. The van der Waals surface area contributed by atoms with E-state index >= 15 is 0 Å². The number of ketones is 1. The third-order valence-electron chi connectivity index (χ3n) is 11.8. The number of fused-ring (bicyclic) bond motifs is 7. The highest BCUT2D eigenvalue weighted by Crippen LogP contribution is 2.70. The van der Waals surface area contributed by atoms with Crippen molar-refractivity contribution in [1.29, 1.82) is 0 Å². The molecule has 0 saturated heterocycles. The van der Waals surface area contributed by atoms with Gasteiger partial charge in [-0.25, -0.2) is 0 Å². The van der Waals surface area contributed by atoms with E-state index in [0.29, 0.717) is 24.0 Å². The van der Waals surface area contributed by atoms with Gasteiger partial charge in [0.1, 0.15) is 0 Å². The molecule has 2 N–H and O–H groups in total. The smallest absolute Gasteiger partial charge is 0.306 e. The van der Waals surface area contributed by atoms with Crippen LogP contribution in [0.25, 0.3) is 0 Å². The largest absolute Gasteiger partial charge is 0.481 e. The summed E-state index contributed by atoms with van der Waals surface area (Å²) in [6, 6.07) is 0. The first kappa shape index (κ1) is 34.9. The highest BCUT2D eigenvalue weighted by atomic mass is 16.4. The van der Waals surface area contributed by atoms with E-state index in [-0.39, 0.29) is 60.4 Å². The molecule has 0 aromatic heterocycles. The Kier molecular flexibility index (Phi) is 11.1. The maximum Gasteiger partial charge on any atom is 0.306 e. The van der Waals surface area contributed by atoms with Crippen LogP contribution in [0.15, 0.2) is 11.6 Å². The Labute approximate surface area is 235 Å². The van der Waals surface area contributed by atoms with Crippen LogP contribution in [0.5, 0.6) is 0 Å². The van der Waals surface area contributed by atoms with Gasteiger partial charge < -0.3 is 10.2 Å². The first-order valence-corrected chi connectivity index (χ1v) is 15.0. The van der Waals surface area contributed by atoms with E-state index in [9.17, 15) is 19.8 Å². The second-order valence-electron chi connectivity index (χ2n) is 13.6. The fourth-order valence-corrected chi connectivity index (χ4v) is 9.97. The molecular formula is C34H62O4. The van der Waals surface area contributed by atoms with Crippen LogP contribution in [0.1, 0.15) is 135 Å². The van der Waals surface area contributed by atoms with Crippen molar-refractivity contribution in [2.75, 3.05) is 0 Å². The summed E-state index contributed by atoms with van der Waals surface area (Å²) in [5.41, 5.74) is 1.14. The molecule has 4 nitrogen and oxygen atoms in total. The van der Waals surface area contributed by atoms with Gasteiger partial charge in [-0.15, -0.1) is 0 Å². The van der Waals surface area contributed by atoms with Gasteiger partial charge in [0.05, 0.1) is 12.0 Å². The molecule has 0 aromatic rings. The minimum absolute atomic E-state index is 0. The number of carbonyl (C=O) groups is 2. The van der Waals surface area contributed by atoms with Crippen LogP contribution in [-0.4, -0.2) is 28.1 Å². The number of hydrogen-bond acceptors (Lipinski definition) is 3. The third-order valence-corrected chi connectivity index (χ3v) is 11.8. The van der Waals surface area contributed by atoms with Gasteiger partial charge in [-0.1, -0.05) is 82.7 Å². The van der Waals surface area contributed by atoms with Gasteiger partial charge in [0, 0.05) is 5.92 Å². The Hall–Kier alpha value is -1.16. The van der Waals surface area contributed by atoms with Crippen molar-refractivity contribution in [2.45, 2.75) is 141 Å². The maximum absolute atomic E-state index is 14.0. The summed E-state index contributed by atoms with van der Waals surface area (Å²) in [7, 11) is 0. The van der Waals surface area contributed by atoms with Gasteiger partial charge in [-0.3, -0.25) is 9.59 Å². The van der Waals surface area contributed by atoms with E-state index in [1.807, 2.05) is 33.8 Å². The zero-order valence-corrected chi connectivity index (χ0v) is 24.6. The number of aliphatic hydroxyl groups is 1. The lowest BCUT2D eigenvalue weighted by molar-refractivity contribution is -0.188. The number of allylic oxidation sites excluding steroid dienone is 2. The number of aliphatic hydroxyl groups excluding tert-OH is 1. The normalized spacial score (nSPS) is 44.2. The van der Waals surface area contributed by atoms with Crippen LogP contribution in [0, 0.1) is 51.2 Å². The molecule has 0 radical (unpaired) electrons. The Bertz CT molecular complexity index is 874. The molecule has 4 fully saturated rings. The van der Waals surface area contributed by atoms with Crippen LogP contribution in [0.2, 0.25) is 0 Å². The van der Waals surface area contributed by atoms with E-state index in [1.54, 1.807) is 0 Å². The lowest BCUT2D eigenvalue weighted by Gasteiger charge is -2.67. The molecule has 9 atom stereocenters. The second-order valence-corrected chi connectivity index (χ2v) is 13.6. The third kappa shape index (κ3) is 5.06. The van der Waals surface area contributed by atoms with Crippen molar-refractivity contribution >= 4 is 11.8 Å². The Morgan fingerprint density at radius 2 is 1.37 bits per heavy atom. The zero-order chi connectivity index (χ0) is 27.3. The van der Waals surface area contributed by atoms with E-state index in [1.165, 1.54) is 5.57 Å². The Morgan fingerprint density at radius 3 is 1.95 bits per heavy atom.